The van der Waals surface area contributed by atoms with Crippen LogP contribution in [0, 0.1) is 0 Å². The zero-order valence-electron chi connectivity index (χ0n) is 4.46. The van der Waals surface area contributed by atoms with E-state index in [0.29, 0.717) is 0 Å². The summed E-state index contributed by atoms with van der Waals surface area (Å²) in [4.78, 5) is 0. The molecule has 0 aliphatic heterocycles. The number of rotatable bonds is 2. The molecule has 7 heavy (non-hydrogen) atoms. The summed E-state index contributed by atoms with van der Waals surface area (Å²) in [5, 5.41) is 0. The first-order valence-electron chi connectivity index (χ1n) is 2.04. The third-order valence-corrected chi connectivity index (χ3v) is 0.915. The normalized spacial score (nSPS) is 11.7. The van der Waals surface area contributed by atoms with Gasteiger partial charge in [-0.05, 0) is 13.8 Å². The predicted molar refractivity (Wildman–Crippen MR) is 35.9 cm³/mol. The van der Waals surface area contributed by atoms with Crippen molar-refractivity contribution in [3.8, 4) is 0 Å². The molecular weight excluding hydrogens is 108 g/mol. The first kappa shape index (κ1) is 6.69. The van der Waals surface area contributed by atoms with Gasteiger partial charge in [-0.2, -0.15) is 0 Å². The van der Waals surface area contributed by atoms with E-state index in [2.05, 4.69) is 8.80 Å². The lowest BCUT2D eigenvalue weighted by Crippen LogP contribution is -1.52. The van der Waals surface area contributed by atoms with Gasteiger partial charge in [-0.15, -0.1) is 0 Å². The van der Waals surface area contributed by atoms with E-state index < -0.39 is 0 Å². The van der Waals surface area contributed by atoms with E-state index in [0.717, 1.165) is 0 Å². The molecule has 0 bridgehead atoms. The van der Waals surface area contributed by atoms with Crippen molar-refractivity contribution in [3.63, 3.8) is 0 Å². The van der Waals surface area contributed by atoms with Crippen molar-refractivity contribution in [2.24, 2.45) is 8.80 Å². The lowest BCUT2D eigenvalue weighted by Gasteiger charge is -1.73. The first-order valence-corrected chi connectivity index (χ1v) is 2.77. The highest BCUT2D eigenvalue weighted by atomic mass is 32.2. The van der Waals surface area contributed by atoms with Crippen molar-refractivity contribution in [2.75, 3.05) is 0 Å². The van der Waals surface area contributed by atoms with Crippen molar-refractivity contribution >= 4 is 24.6 Å². The van der Waals surface area contributed by atoms with Crippen molar-refractivity contribution in [3.05, 3.63) is 0 Å². The maximum absolute atomic E-state index is 3.76. The maximum atomic E-state index is 3.76. The van der Waals surface area contributed by atoms with Gasteiger partial charge in [-0.1, -0.05) is 0 Å². The van der Waals surface area contributed by atoms with Gasteiger partial charge in [0.1, 0.15) is 12.1 Å². The molecule has 2 nitrogen and oxygen atoms in total. The minimum atomic E-state index is 1.19. The van der Waals surface area contributed by atoms with E-state index in [1.54, 1.807) is 12.4 Å². The Bertz CT molecular complexity index is 67.8. The second-order valence-electron chi connectivity index (χ2n) is 0.809. The SMILES string of the molecule is C/C=N\S/N=C/C. The molecule has 0 N–H and O–H groups in total. The standard InChI is InChI=1S/C4H8N2S/c1-3-5-7-6-4-2/h3-4H,1-2H3/b5-3-,6-4+. The molecule has 0 saturated carbocycles. The van der Waals surface area contributed by atoms with Crippen LogP contribution in [-0.2, 0) is 0 Å². The van der Waals surface area contributed by atoms with Crippen LogP contribution in [0.15, 0.2) is 8.80 Å². The fourth-order valence-corrected chi connectivity index (χ4v) is 0.364. The molecule has 0 fully saturated rings. The van der Waals surface area contributed by atoms with Gasteiger partial charge in [0, 0.05) is 12.4 Å². The largest absolute Gasteiger partial charge is 0.206 e. The highest BCUT2D eigenvalue weighted by Crippen LogP contribution is 1.98. The fraction of sp³-hybridized carbons (Fsp3) is 0.500. The van der Waals surface area contributed by atoms with Gasteiger partial charge in [0.05, 0.1) is 0 Å². The van der Waals surface area contributed by atoms with E-state index in [9.17, 15) is 0 Å². The Morgan fingerprint density at radius 3 is 1.86 bits per heavy atom. The Hall–Kier alpha value is -0.310. The molecule has 3 heteroatoms. The monoisotopic (exact) mass is 116 g/mol. The number of hydrogen-bond acceptors (Lipinski definition) is 3. The van der Waals surface area contributed by atoms with Gasteiger partial charge >= 0.3 is 0 Å². The average molecular weight is 116 g/mol. The molecule has 0 rings (SSSR count). The third-order valence-electron chi connectivity index (χ3n) is 0.305. The van der Waals surface area contributed by atoms with Crippen molar-refractivity contribution in [1.29, 1.82) is 0 Å². The lowest BCUT2D eigenvalue weighted by atomic mass is 10.9. The lowest BCUT2D eigenvalue weighted by molar-refractivity contribution is 1.80. The Labute approximate surface area is 48.0 Å². The molecule has 0 amide bonds. The third kappa shape index (κ3) is 5.69. The summed E-state index contributed by atoms with van der Waals surface area (Å²) in [6, 6.07) is 0. The zero-order valence-corrected chi connectivity index (χ0v) is 5.27. The van der Waals surface area contributed by atoms with Crippen LogP contribution in [0.1, 0.15) is 13.8 Å². The summed E-state index contributed by atoms with van der Waals surface area (Å²) in [6.07, 6.45) is 3.41. The Morgan fingerprint density at radius 2 is 1.57 bits per heavy atom. The molecule has 0 aliphatic rings. The summed E-state index contributed by atoms with van der Waals surface area (Å²) < 4.78 is 7.51. The summed E-state index contributed by atoms with van der Waals surface area (Å²) in [7, 11) is 0. The molecule has 0 heterocycles. The van der Waals surface area contributed by atoms with Gasteiger partial charge in [0.15, 0.2) is 0 Å². The zero-order chi connectivity index (χ0) is 5.54. The Balaban J connectivity index is 2.98. The van der Waals surface area contributed by atoms with Crippen LogP contribution in [0.25, 0.3) is 0 Å². The van der Waals surface area contributed by atoms with E-state index >= 15 is 0 Å². The minimum absolute atomic E-state index is 1.19. The van der Waals surface area contributed by atoms with Crippen molar-refractivity contribution in [1.82, 2.24) is 0 Å². The fourth-order valence-electron chi connectivity index (χ4n) is 0.121. The van der Waals surface area contributed by atoms with Crippen LogP contribution in [-0.4, -0.2) is 12.4 Å². The molecule has 0 aromatic heterocycles. The maximum Gasteiger partial charge on any atom is 0.114 e. The second kappa shape index (κ2) is 5.69. The van der Waals surface area contributed by atoms with Gasteiger partial charge in [-0.25, -0.2) is 8.80 Å². The van der Waals surface area contributed by atoms with Crippen LogP contribution in [0.2, 0.25) is 0 Å². The van der Waals surface area contributed by atoms with E-state index in [1.807, 2.05) is 13.8 Å². The minimum Gasteiger partial charge on any atom is -0.206 e. The van der Waals surface area contributed by atoms with Crippen molar-refractivity contribution < 1.29 is 0 Å². The number of hydrogen-bond donors (Lipinski definition) is 0. The van der Waals surface area contributed by atoms with Gasteiger partial charge in [-0.3, -0.25) is 0 Å². The Kier molecular flexibility index (Phi) is 5.44. The average Bonchev–Trinajstić information content (AvgIpc) is 1.69. The van der Waals surface area contributed by atoms with Gasteiger partial charge in [0.25, 0.3) is 0 Å². The van der Waals surface area contributed by atoms with E-state index in [1.165, 1.54) is 12.1 Å². The summed E-state index contributed by atoms with van der Waals surface area (Å²) >= 11 is 1.19. The van der Waals surface area contributed by atoms with E-state index in [4.69, 9.17) is 0 Å². The summed E-state index contributed by atoms with van der Waals surface area (Å²) in [5.41, 5.74) is 0. The van der Waals surface area contributed by atoms with Gasteiger partial charge < -0.3 is 0 Å². The molecule has 0 aromatic carbocycles. The molecular formula is C4H8N2S. The molecule has 0 radical (unpaired) electrons. The van der Waals surface area contributed by atoms with Crippen LogP contribution in [0.3, 0.4) is 0 Å². The second-order valence-corrected chi connectivity index (χ2v) is 1.39. The van der Waals surface area contributed by atoms with Crippen LogP contribution in [0.5, 0.6) is 0 Å². The van der Waals surface area contributed by atoms with Crippen LogP contribution in [0.4, 0.5) is 0 Å². The van der Waals surface area contributed by atoms with Crippen LogP contribution < -0.4 is 0 Å². The molecule has 40 valence electrons. The first-order chi connectivity index (χ1) is 3.41. The molecule has 0 aromatic rings. The molecule has 0 atom stereocenters. The predicted octanol–water partition coefficient (Wildman–Crippen LogP) is 1.73. The van der Waals surface area contributed by atoms with Crippen LogP contribution >= 0.6 is 12.1 Å². The Morgan fingerprint density at radius 1 is 1.14 bits per heavy atom. The highest BCUT2D eigenvalue weighted by Gasteiger charge is 1.62. The van der Waals surface area contributed by atoms with Crippen molar-refractivity contribution in [2.45, 2.75) is 13.8 Å². The van der Waals surface area contributed by atoms with E-state index in [-0.39, 0.29) is 0 Å². The highest BCUT2D eigenvalue weighted by molar-refractivity contribution is 7.96. The smallest absolute Gasteiger partial charge is 0.114 e. The molecule has 0 unspecified atom stereocenters. The topological polar surface area (TPSA) is 24.7 Å². The molecule has 0 aliphatic carbocycles. The summed E-state index contributed by atoms with van der Waals surface area (Å²) in [5.74, 6) is 0. The molecule has 0 saturated heterocycles. The number of nitrogens with zero attached hydrogens (tertiary/aromatic N) is 2. The molecule has 0 spiro atoms. The summed E-state index contributed by atoms with van der Waals surface area (Å²) in [6.45, 7) is 3.72. The van der Waals surface area contributed by atoms with Gasteiger partial charge in [0.2, 0.25) is 0 Å². The quantitative estimate of drug-likeness (QED) is 0.398.